The molecule has 2 rings (SSSR count). The minimum atomic E-state index is -0.254. The molecule has 138 valence electrons. The fourth-order valence-electron chi connectivity index (χ4n) is 2.06. The van der Waals surface area contributed by atoms with Gasteiger partial charge in [0.15, 0.2) is 0 Å². The Bertz CT molecular complexity index is 825. The van der Waals surface area contributed by atoms with Crippen LogP contribution >= 0.6 is 34.8 Å². The van der Waals surface area contributed by atoms with Gasteiger partial charge in [0, 0.05) is 25.8 Å². The van der Waals surface area contributed by atoms with E-state index in [4.69, 9.17) is 39.5 Å². The number of anilines is 1. The molecule has 0 atom stereocenters. The molecule has 0 aliphatic carbocycles. The van der Waals surface area contributed by atoms with Crippen LogP contribution in [0.2, 0.25) is 15.1 Å². The third-order valence-electron chi connectivity index (χ3n) is 3.38. The van der Waals surface area contributed by atoms with Crippen molar-refractivity contribution in [3.8, 4) is 5.75 Å². The van der Waals surface area contributed by atoms with Gasteiger partial charge in [-0.1, -0.05) is 34.8 Å². The summed E-state index contributed by atoms with van der Waals surface area (Å²) in [7, 11) is 3.26. The van der Waals surface area contributed by atoms with Crippen molar-refractivity contribution < 1.29 is 14.3 Å². The summed E-state index contributed by atoms with van der Waals surface area (Å²) >= 11 is 17.8. The zero-order valence-electron chi connectivity index (χ0n) is 14.2. The lowest BCUT2D eigenvalue weighted by Gasteiger charge is -2.13. The Morgan fingerprint density at radius 3 is 2.35 bits per heavy atom. The number of carbonyl (C=O) groups is 2. The number of hydrogen-bond acceptors (Lipinski definition) is 3. The van der Waals surface area contributed by atoms with Crippen LogP contribution in [0.3, 0.4) is 0 Å². The highest BCUT2D eigenvalue weighted by molar-refractivity contribution is 6.42. The molecule has 0 unspecified atom stereocenters. The van der Waals surface area contributed by atoms with Gasteiger partial charge in [0.25, 0.3) is 5.91 Å². The predicted molar refractivity (Wildman–Crippen MR) is 105 cm³/mol. The Labute approximate surface area is 166 Å². The lowest BCUT2D eigenvalue weighted by atomic mass is 10.1. The molecule has 0 aromatic heterocycles. The van der Waals surface area contributed by atoms with Gasteiger partial charge in [-0.15, -0.1) is 0 Å². The summed E-state index contributed by atoms with van der Waals surface area (Å²) in [6.07, 6.45) is 0.125. The average molecular weight is 416 g/mol. The molecule has 0 aliphatic rings. The molecular formula is C18H17Cl3N2O3. The fourth-order valence-corrected chi connectivity index (χ4v) is 2.55. The van der Waals surface area contributed by atoms with Gasteiger partial charge in [0.1, 0.15) is 5.75 Å². The number of hydrogen-bond donors (Lipinski definition) is 1. The molecule has 26 heavy (non-hydrogen) atoms. The number of nitrogens with zero attached hydrogens (tertiary/aromatic N) is 1. The maximum atomic E-state index is 12.1. The first kappa shape index (κ1) is 20.4. The van der Waals surface area contributed by atoms with Crippen LogP contribution in [0.25, 0.3) is 0 Å². The van der Waals surface area contributed by atoms with Crippen molar-refractivity contribution in [2.24, 2.45) is 0 Å². The molecular weight excluding hydrogens is 399 g/mol. The van der Waals surface area contributed by atoms with Crippen LogP contribution in [0.4, 0.5) is 5.69 Å². The summed E-state index contributed by atoms with van der Waals surface area (Å²) in [6, 6.07) is 9.62. The summed E-state index contributed by atoms with van der Waals surface area (Å²) in [5, 5.41) is 3.85. The molecule has 0 spiro atoms. The van der Waals surface area contributed by atoms with Crippen LogP contribution in [-0.4, -0.2) is 37.4 Å². The van der Waals surface area contributed by atoms with Crippen LogP contribution in [-0.2, 0) is 4.79 Å². The summed E-state index contributed by atoms with van der Waals surface area (Å²) in [5.74, 6) is 0.0299. The van der Waals surface area contributed by atoms with Crippen LogP contribution < -0.4 is 10.1 Å². The summed E-state index contributed by atoms with van der Waals surface area (Å²) in [6.45, 7) is 0.168. The van der Waals surface area contributed by atoms with E-state index in [0.717, 1.165) is 0 Å². The number of carbonyl (C=O) groups excluding carboxylic acids is 2. The van der Waals surface area contributed by atoms with Gasteiger partial charge < -0.3 is 15.0 Å². The van der Waals surface area contributed by atoms with Crippen molar-refractivity contribution in [1.82, 2.24) is 4.90 Å². The van der Waals surface area contributed by atoms with Crippen molar-refractivity contribution in [2.75, 3.05) is 26.0 Å². The zero-order valence-corrected chi connectivity index (χ0v) is 16.5. The van der Waals surface area contributed by atoms with E-state index in [1.807, 2.05) is 0 Å². The molecule has 8 heteroatoms. The van der Waals surface area contributed by atoms with Gasteiger partial charge in [-0.05, 0) is 30.3 Å². The van der Waals surface area contributed by atoms with Gasteiger partial charge in [0.2, 0.25) is 5.91 Å². The quantitative estimate of drug-likeness (QED) is 0.740. The maximum Gasteiger partial charge on any atom is 0.254 e. The van der Waals surface area contributed by atoms with E-state index in [0.29, 0.717) is 32.1 Å². The Balaban J connectivity index is 1.92. The van der Waals surface area contributed by atoms with E-state index in [-0.39, 0.29) is 24.8 Å². The van der Waals surface area contributed by atoms with Gasteiger partial charge in [-0.3, -0.25) is 9.59 Å². The predicted octanol–water partition coefficient (Wildman–Crippen LogP) is 4.76. The SMILES string of the molecule is CN(C)C(=O)c1cc(NC(=O)CCOc2ccc(Cl)c(Cl)c2)ccc1Cl. The van der Waals surface area contributed by atoms with E-state index < -0.39 is 0 Å². The number of nitrogens with one attached hydrogen (secondary N) is 1. The van der Waals surface area contributed by atoms with E-state index in [9.17, 15) is 9.59 Å². The maximum absolute atomic E-state index is 12.1. The number of halogens is 3. The zero-order chi connectivity index (χ0) is 19.3. The molecule has 5 nitrogen and oxygen atoms in total. The molecule has 0 fully saturated rings. The highest BCUT2D eigenvalue weighted by Crippen LogP contribution is 2.26. The standard InChI is InChI=1S/C18H17Cl3N2O3/c1-23(2)18(25)13-9-11(3-5-14(13)19)22-17(24)7-8-26-12-4-6-15(20)16(21)10-12/h3-6,9-10H,7-8H2,1-2H3,(H,22,24). The van der Waals surface area contributed by atoms with E-state index >= 15 is 0 Å². The lowest BCUT2D eigenvalue weighted by molar-refractivity contribution is -0.116. The number of rotatable bonds is 6. The Hall–Kier alpha value is -1.95. The monoisotopic (exact) mass is 414 g/mol. The summed E-state index contributed by atoms with van der Waals surface area (Å²) in [4.78, 5) is 25.5. The van der Waals surface area contributed by atoms with Crippen LogP contribution in [0.15, 0.2) is 36.4 Å². The van der Waals surface area contributed by atoms with E-state index in [1.165, 1.54) is 4.90 Å². The van der Waals surface area contributed by atoms with Crippen molar-refractivity contribution in [2.45, 2.75) is 6.42 Å². The average Bonchev–Trinajstić information content (AvgIpc) is 2.59. The van der Waals surface area contributed by atoms with Crippen LogP contribution in [0.1, 0.15) is 16.8 Å². The van der Waals surface area contributed by atoms with E-state index in [2.05, 4.69) is 5.32 Å². The van der Waals surface area contributed by atoms with Crippen molar-refractivity contribution in [1.29, 1.82) is 0 Å². The molecule has 1 N–H and O–H groups in total. The third-order valence-corrected chi connectivity index (χ3v) is 4.44. The summed E-state index contributed by atoms with van der Waals surface area (Å²) < 4.78 is 5.48. The molecule has 2 aromatic carbocycles. The van der Waals surface area contributed by atoms with Gasteiger partial charge in [-0.2, -0.15) is 0 Å². The highest BCUT2D eigenvalue weighted by atomic mass is 35.5. The van der Waals surface area contributed by atoms with Crippen molar-refractivity contribution in [3.63, 3.8) is 0 Å². The number of amides is 2. The molecule has 0 saturated carbocycles. The molecule has 0 heterocycles. The molecule has 2 amide bonds. The van der Waals surface area contributed by atoms with Gasteiger partial charge in [-0.25, -0.2) is 0 Å². The number of benzene rings is 2. The highest BCUT2D eigenvalue weighted by Gasteiger charge is 2.14. The van der Waals surface area contributed by atoms with Crippen LogP contribution in [0.5, 0.6) is 5.75 Å². The first-order chi connectivity index (χ1) is 12.3. The largest absolute Gasteiger partial charge is 0.493 e. The van der Waals surface area contributed by atoms with Gasteiger partial charge >= 0.3 is 0 Å². The Kier molecular flexibility index (Phi) is 7.14. The normalized spacial score (nSPS) is 10.3. The molecule has 0 bridgehead atoms. The molecule has 0 saturated heterocycles. The second-order valence-electron chi connectivity index (χ2n) is 5.62. The Morgan fingerprint density at radius 1 is 1.00 bits per heavy atom. The molecule has 0 aliphatic heterocycles. The van der Waals surface area contributed by atoms with E-state index in [1.54, 1.807) is 50.5 Å². The topological polar surface area (TPSA) is 58.6 Å². The lowest BCUT2D eigenvalue weighted by Crippen LogP contribution is -2.22. The van der Waals surface area contributed by atoms with Crippen molar-refractivity contribution in [3.05, 3.63) is 57.0 Å². The summed E-state index contributed by atoms with van der Waals surface area (Å²) in [5.41, 5.74) is 0.806. The first-order valence-corrected chi connectivity index (χ1v) is 8.80. The molecule has 0 radical (unpaired) electrons. The fraction of sp³-hybridized carbons (Fsp3) is 0.222. The second-order valence-corrected chi connectivity index (χ2v) is 6.84. The first-order valence-electron chi connectivity index (χ1n) is 7.67. The van der Waals surface area contributed by atoms with Crippen molar-refractivity contribution >= 4 is 52.3 Å². The minimum absolute atomic E-state index is 0.125. The minimum Gasteiger partial charge on any atom is -0.493 e. The van der Waals surface area contributed by atoms with Crippen LogP contribution in [0, 0.1) is 0 Å². The third kappa shape index (κ3) is 5.53. The number of ether oxygens (including phenoxy) is 1. The molecule has 2 aromatic rings. The van der Waals surface area contributed by atoms with Gasteiger partial charge in [0.05, 0.1) is 33.7 Å². The Morgan fingerprint density at radius 2 is 1.69 bits per heavy atom. The smallest absolute Gasteiger partial charge is 0.254 e. The second kappa shape index (κ2) is 9.12.